The molecule has 1 fully saturated rings. The van der Waals surface area contributed by atoms with Crippen LogP contribution in [0.3, 0.4) is 0 Å². The first-order valence-electron chi connectivity index (χ1n) is 6.59. The summed E-state index contributed by atoms with van der Waals surface area (Å²) in [5.41, 5.74) is 0.349. The fourth-order valence-electron chi connectivity index (χ4n) is 2.35. The highest BCUT2D eigenvalue weighted by atomic mass is 35.5. The molecular weight excluding hydrogens is 267 g/mol. The predicted molar refractivity (Wildman–Crippen MR) is 74.0 cm³/mol. The largest absolute Gasteiger partial charge is 0.337 e. The number of hydrogen-bond donors (Lipinski definition) is 1. The van der Waals surface area contributed by atoms with E-state index in [9.17, 15) is 9.18 Å². The van der Waals surface area contributed by atoms with Crippen LogP contribution in [0.15, 0.2) is 18.2 Å². The number of nitrogens with zero attached hydrogens (tertiary/aromatic N) is 1. The van der Waals surface area contributed by atoms with Crippen molar-refractivity contribution in [2.45, 2.75) is 25.8 Å². The Morgan fingerprint density at radius 2 is 2.37 bits per heavy atom. The van der Waals surface area contributed by atoms with Gasteiger partial charge in [-0.25, -0.2) is 4.39 Å². The molecule has 19 heavy (non-hydrogen) atoms. The number of benzene rings is 1. The van der Waals surface area contributed by atoms with Gasteiger partial charge in [-0.05, 0) is 44.5 Å². The van der Waals surface area contributed by atoms with Crippen LogP contribution in [0, 0.1) is 5.82 Å². The van der Waals surface area contributed by atoms with Gasteiger partial charge in [0.2, 0.25) is 0 Å². The number of amides is 1. The van der Waals surface area contributed by atoms with Crippen LogP contribution in [0.2, 0.25) is 5.02 Å². The SMILES string of the molecule is CCN(CC1CCCN1)C(=O)c1ccc(Cl)c(F)c1. The third-order valence-electron chi connectivity index (χ3n) is 3.44. The Morgan fingerprint density at radius 3 is 2.95 bits per heavy atom. The van der Waals surface area contributed by atoms with Gasteiger partial charge in [0.25, 0.3) is 5.91 Å². The lowest BCUT2D eigenvalue weighted by Crippen LogP contribution is -2.41. The topological polar surface area (TPSA) is 32.3 Å². The number of rotatable bonds is 4. The Balaban J connectivity index is 2.08. The molecule has 1 heterocycles. The van der Waals surface area contributed by atoms with E-state index in [0.29, 0.717) is 24.7 Å². The van der Waals surface area contributed by atoms with Crippen molar-refractivity contribution in [1.29, 1.82) is 0 Å². The van der Waals surface area contributed by atoms with E-state index in [4.69, 9.17) is 11.6 Å². The third-order valence-corrected chi connectivity index (χ3v) is 3.75. The zero-order chi connectivity index (χ0) is 13.8. The minimum atomic E-state index is -0.553. The van der Waals surface area contributed by atoms with Crippen LogP contribution in [0.1, 0.15) is 30.1 Å². The molecule has 0 saturated carbocycles. The first-order chi connectivity index (χ1) is 9.11. The summed E-state index contributed by atoms with van der Waals surface area (Å²) in [7, 11) is 0. The fourth-order valence-corrected chi connectivity index (χ4v) is 2.46. The summed E-state index contributed by atoms with van der Waals surface area (Å²) in [5.74, 6) is -0.700. The van der Waals surface area contributed by atoms with E-state index >= 15 is 0 Å². The van der Waals surface area contributed by atoms with Gasteiger partial charge in [0.1, 0.15) is 5.82 Å². The van der Waals surface area contributed by atoms with Crippen molar-refractivity contribution >= 4 is 17.5 Å². The highest BCUT2D eigenvalue weighted by molar-refractivity contribution is 6.30. The van der Waals surface area contributed by atoms with Gasteiger partial charge in [0, 0.05) is 24.7 Å². The highest BCUT2D eigenvalue weighted by Gasteiger charge is 2.21. The molecule has 1 aromatic carbocycles. The maximum Gasteiger partial charge on any atom is 0.254 e. The van der Waals surface area contributed by atoms with Crippen molar-refractivity contribution in [3.8, 4) is 0 Å². The van der Waals surface area contributed by atoms with Crippen LogP contribution in [0.5, 0.6) is 0 Å². The third kappa shape index (κ3) is 3.45. The summed E-state index contributed by atoms with van der Waals surface area (Å²) in [5, 5.41) is 3.40. The summed E-state index contributed by atoms with van der Waals surface area (Å²) < 4.78 is 13.4. The molecule has 0 radical (unpaired) electrons. The smallest absolute Gasteiger partial charge is 0.254 e. The fraction of sp³-hybridized carbons (Fsp3) is 0.500. The van der Waals surface area contributed by atoms with Gasteiger partial charge in [-0.1, -0.05) is 11.6 Å². The quantitative estimate of drug-likeness (QED) is 0.922. The van der Waals surface area contributed by atoms with Crippen molar-refractivity contribution < 1.29 is 9.18 Å². The lowest BCUT2D eigenvalue weighted by Gasteiger charge is -2.24. The molecule has 2 rings (SSSR count). The van der Waals surface area contributed by atoms with Gasteiger partial charge in [-0.15, -0.1) is 0 Å². The molecule has 1 aliphatic rings. The van der Waals surface area contributed by atoms with Crippen LogP contribution in [0.4, 0.5) is 4.39 Å². The zero-order valence-corrected chi connectivity index (χ0v) is 11.7. The Bertz CT molecular complexity index is 461. The van der Waals surface area contributed by atoms with Crippen molar-refractivity contribution in [2.24, 2.45) is 0 Å². The Morgan fingerprint density at radius 1 is 1.58 bits per heavy atom. The number of nitrogens with one attached hydrogen (secondary N) is 1. The van der Waals surface area contributed by atoms with Gasteiger partial charge in [-0.2, -0.15) is 0 Å². The van der Waals surface area contributed by atoms with Gasteiger partial charge in [0.15, 0.2) is 0 Å². The van der Waals surface area contributed by atoms with E-state index in [0.717, 1.165) is 19.4 Å². The molecular formula is C14H18ClFN2O. The molecule has 0 aromatic heterocycles. The molecule has 0 bridgehead atoms. The molecule has 1 saturated heterocycles. The lowest BCUT2D eigenvalue weighted by atomic mass is 10.1. The zero-order valence-electron chi connectivity index (χ0n) is 11.0. The van der Waals surface area contributed by atoms with Gasteiger partial charge < -0.3 is 10.2 Å². The number of halogens is 2. The molecule has 104 valence electrons. The molecule has 1 aromatic rings. The van der Waals surface area contributed by atoms with Crippen molar-refractivity contribution in [3.05, 3.63) is 34.6 Å². The average Bonchev–Trinajstić information content (AvgIpc) is 2.91. The van der Waals surface area contributed by atoms with Crippen molar-refractivity contribution in [2.75, 3.05) is 19.6 Å². The van der Waals surface area contributed by atoms with E-state index in [2.05, 4.69) is 5.32 Å². The van der Waals surface area contributed by atoms with E-state index < -0.39 is 5.82 Å². The highest BCUT2D eigenvalue weighted by Crippen LogP contribution is 2.17. The first kappa shape index (κ1) is 14.3. The van der Waals surface area contributed by atoms with E-state index in [1.54, 1.807) is 11.0 Å². The summed E-state index contributed by atoms with van der Waals surface area (Å²) in [4.78, 5) is 14.1. The molecule has 0 aliphatic carbocycles. The molecule has 1 unspecified atom stereocenters. The van der Waals surface area contributed by atoms with Crippen molar-refractivity contribution in [3.63, 3.8) is 0 Å². The summed E-state index contributed by atoms with van der Waals surface area (Å²) in [6.07, 6.45) is 2.23. The summed E-state index contributed by atoms with van der Waals surface area (Å²) in [6.45, 7) is 4.21. The average molecular weight is 285 g/mol. The van der Waals surface area contributed by atoms with Gasteiger partial charge in [0.05, 0.1) is 5.02 Å². The normalized spacial score (nSPS) is 18.6. The van der Waals surface area contributed by atoms with Crippen LogP contribution in [-0.4, -0.2) is 36.5 Å². The Hall–Kier alpha value is -1.13. The minimum absolute atomic E-state index is 0.0389. The monoisotopic (exact) mass is 284 g/mol. The van der Waals surface area contributed by atoms with E-state index in [1.165, 1.54) is 12.1 Å². The molecule has 3 nitrogen and oxygen atoms in total. The lowest BCUT2D eigenvalue weighted by molar-refractivity contribution is 0.0751. The Kier molecular flexibility index (Phi) is 4.77. The number of carbonyl (C=O) groups is 1. The summed E-state index contributed by atoms with van der Waals surface area (Å²) in [6, 6.07) is 4.54. The second-order valence-electron chi connectivity index (χ2n) is 4.77. The summed E-state index contributed by atoms with van der Waals surface area (Å²) >= 11 is 5.63. The van der Waals surface area contributed by atoms with Crippen LogP contribution >= 0.6 is 11.6 Å². The number of likely N-dealkylation sites (N-methyl/N-ethyl adjacent to an activating group) is 1. The maximum absolute atomic E-state index is 13.4. The molecule has 1 atom stereocenters. The Labute approximate surface area is 117 Å². The molecule has 5 heteroatoms. The van der Waals surface area contributed by atoms with Crippen LogP contribution < -0.4 is 5.32 Å². The van der Waals surface area contributed by atoms with Crippen LogP contribution in [-0.2, 0) is 0 Å². The molecule has 1 N–H and O–H groups in total. The maximum atomic E-state index is 13.4. The second kappa shape index (κ2) is 6.35. The van der Waals surface area contributed by atoms with E-state index in [-0.39, 0.29) is 10.9 Å². The van der Waals surface area contributed by atoms with Crippen LogP contribution in [0.25, 0.3) is 0 Å². The molecule has 1 amide bonds. The molecule has 0 spiro atoms. The number of carbonyl (C=O) groups excluding carboxylic acids is 1. The standard InChI is InChI=1S/C14H18ClFN2O/c1-2-18(9-11-4-3-7-17-11)14(19)10-5-6-12(15)13(16)8-10/h5-6,8,11,17H,2-4,7,9H2,1H3. The molecule has 1 aliphatic heterocycles. The van der Waals surface area contributed by atoms with E-state index in [1.807, 2.05) is 6.92 Å². The van der Waals surface area contributed by atoms with Gasteiger partial charge in [-0.3, -0.25) is 4.79 Å². The first-order valence-corrected chi connectivity index (χ1v) is 6.97. The number of hydrogen-bond acceptors (Lipinski definition) is 2. The predicted octanol–water partition coefficient (Wildman–Crippen LogP) is 2.69. The van der Waals surface area contributed by atoms with Crippen molar-refractivity contribution in [1.82, 2.24) is 10.2 Å². The second-order valence-corrected chi connectivity index (χ2v) is 5.17. The minimum Gasteiger partial charge on any atom is -0.337 e. The van der Waals surface area contributed by atoms with Gasteiger partial charge >= 0.3 is 0 Å².